The number of halogens is 1. The lowest BCUT2D eigenvalue weighted by Crippen LogP contribution is -1.80. The number of nitrogens with zero attached hydrogens (tertiary/aromatic N) is 4. The molecule has 1 aromatic carbocycles. The van der Waals surface area contributed by atoms with Gasteiger partial charge >= 0.3 is 0 Å². The largest absolute Gasteiger partial charge is 0.192 e. The number of hydrogen-bond acceptors (Lipinski definition) is 2. The maximum absolute atomic E-state index is 8.63. The minimum atomic E-state index is 0.345. The smallest absolute Gasteiger partial charge is 0.0992 e. The van der Waals surface area contributed by atoms with E-state index in [0.29, 0.717) is 29.1 Å². The highest BCUT2D eigenvalue weighted by Gasteiger charge is 1.97. The van der Waals surface area contributed by atoms with E-state index in [1.54, 1.807) is 18.2 Å². The summed E-state index contributed by atoms with van der Waals surface area (Å²) in [6, 6.07) is 6.91. The van der Waals surface area contributed by atoms with Crippen molar-refractivity contribution in [2.45, 2.75) is 6.42 Å². The zero-order valence-electron chi connectivity index (χ0n) is 8.31. The van der Waals surface area contributed by atoms with Crippen LogP contribution < -0.4 is 0 Å². The van der Waals surface area contributed by atoms with Gasteiger partial charge in [-0.1, -0.05) is 28.6 Å². The topological polar surface area (TPSA) is 72.5 Å². The van der Waals surface area contributed by atoms with Gasteiger partial charge in [-0.15, -0.1) is 0 Å². The van der Waals surface area contributed by atoms with Crippen molar-refractivity contribution in [3.05, 3.63) is 44.8 Å². The summed E-state index contributed by atoms with van der Waals surface area (Å²) >= 11 is 5.91. The molecule has 0 unspecified atom stereocenters. The third-order valence-corrected chi connectivity index (χ3v) is 2.03. The van der Waals surface area contributed by atoms with Gasteiger partial charge in [0.25, 0.3) is 0 Å². The molecule has 0 N–H and O–H groups in total. The Kier molecular flexibility index (Phi) is 4.76. The SMILES string of the molecule is N#Cc1ccc(C#CCCN=[N+]=[N-])c(Cl)c1. The maximum atomic E-state index is 8.63. The fraction of sp³-hybridized carbons (Fsp3) is 0.182. The van der Waals surface area contributed by atoms with Crippen molar-refractivity contribution in [3.8, 4) is 17.9 Å². The van der Waals surface area contributed by atoms with E-state index in [0.717, 1.165) is 0 Å². The minimum absolute atomic E-state index is 0.345. The Bertz CT molecular complexity index is 527. The first-order chi connectivity index (χ1) is 7.77. The average Bonchev–Trinajstić information content (AvgIpc) is 2.30. The van der Waals surface area contributed by atoms with Crippen LogP contribution in [0.4, 0.5) is 0 Å². The molecule has 1 rings (SSSR count). The molecule has 0 aliphatic rings. The predicted octanol–water partition coefficient (Wildman–Crippen LogP) is 3.26. The highest BCUT2D eigenvalue weighted by molar-refractivity contribution is 6.31. The average molecular weight is 231 g/mol. The number of azide groups is 1. The molecule has 0 fully saturated rings. The van der Waals surface area contributed by atoms with Gasteiger partial charge in [0, 0.05) is 23.4 Å². The Balaban J connectivity index is 2.74. The normalized spacial score (nSPS) is 8.25. The molecule has 1 aromatic rings. The molecule has 0 aliphatic heterocycles. The summed E-state index contributed by atoms with van der Waals surface area (Å²) in [5, 5.41) is 12.4. The van der Waals surface area contributed by atoms with Gasteiger partial charge in [-0.2, -0.15) is 5.26 Å². The number of nitriles is 1. The van der Waals surface area contributed by atoms with E-state index < -0.39 is 0 Å². The first-order valence-corrected chi connectivity index (χ1v) is 4.85. The van der Waals surface area contributed by atoms with Crippen LogP contribution in [0.3, 0.4) is 0 Å². The molecular formula is C11H7ClN4. The zero-order valence-corrected chi connectivity index (χ0v) is 9.07. The molecule has 4 nitrogen and oxygen atoms in total. The molecule has 0 saturated heterocycles. The summed E-state index contributed by atoms with van der Waals surface area (Å²) in [4.78, 5) is 2.62. The third-order valence-electron chi connectivity index (χ3n) is 1.72. The first kappa shape index (κ1) is 11.9. The highest BCUT2D eigenvalue weighted by Crippen LogP contribution is 2.16. The fourth-order valence-corrected chi connectivity index (χ4v) is 1.22. The van der Waals surface area contributed by atoms with Crippen LogP contribution in [0.15, 0.2) is 23.3 Å². The highest BCUT2D eigenvalue weighted by atomic mass is 35.5. The lowest BCUT2D eigenvalue weighted by atomic mass is 10.1. The Morgan fingerprint density at radius 3 is 2.94 bits per heavy atom. The standard InChI is InChI=1S/C11H7ClN4/c12-11-7-9(8-13)4-5-10(11)3-1-2-6-15-16-14/h4-5,7H,2,6H2. The molecule has 16 heavy (non-hydrogen) atoms. The van der Waals surface area contributed by atoms with Crippen LogP contribution in [0.5, 0.6) is 0 Å². The van der Waals surface area contributed by atoms with Gasteiger partial charge in [-0.3, -0.25) is 0 Å². The molecule has 5 heteroatoms. The van der Waals surface area contributed by atoms with Crippen molar-refractivity contribution in [2.75, 3.05) is 6.54 Å². The summed E-state index contributed by atoms with van der Waals surface area (Å²) in [7, 11) is 0. The summed E-state index contributed by atoms with van der Waals surface area (Å²) in [5.41, 5.74) is 9.22. The second-order valence-electron chi connectivity index (χ2n) is 2.81. The Hall–Kier alpha value is -2.13. The second kappa shape index (κ2) is 6.37. The van der Waals surface area contributed by atoms with Gasteiger partial charge in [-0.25, -0.2) is 0 Å². The van der Waals surface area contributed by atoms with E-state index in [4.69, 9.17) is 22.4 Å². The summed E-state index contributed by atoms with van der Waals surface area (Å²) < 4.78 is 0. The van der Waals surface area contributed by atoms with Gasteiger partial charge in [0.1, 0.15) is 0 Å². The zero-order chi connectivity index (χ0) is 11.8. The van der Waals surface area contributed by atoms with Crippen molar-refractivity contribution in [1.82, 2.24) is 0 Å². The predicted molar refractivity (Wildman–Crippen MR) is 61.7 cm³/mol. The molecule has 0 aromatic heterocycles. The molecule has 0 atom stereocenters. The Morgan fingerprint density at radius 2 is 2.31 bits per heavy atom. The Morgan fingerprint density at radius 1 is 1.50 bits per heavy atom. The molecule has 0 amide bonds. The molecule has 0 saturated carbocycles. The monoisotopic (exact) mass is 230 g/mol. The lowest BCUT2D eigenvalue weighted by Gasteiger charge is -1.95. The maximum Gasteiger partial charge on any atom is 0.0992 e. The number of hydrogen-bond donors (Lipinski definition) is 0. The minimum Gasteiger partial charge on any atom is -0.192 e. The van der Waals surface area contributed by atoms with Crippen LogP contribution in [0.25, 0.3) is 10.4 Å². The van der Waals surface area contributed by atoms with Crippen molar-refractivity contribution in [1.29, 1.82) is 5.26 Å². The molecule has 78 valence electrons. The first-order valence-electron chi connectivity index (χ1n) is 4.47. The summed E-state index contributed by atoms with van der Waals surface area (Å²) in [5.74, 6) is 5.68. The molecule has 0 spiro atoms. The summed E-state index contributed by atoms with van der Waals surface area (Å²) in [6.45, 7) is 0.345. The fourth-order valence-electron chi connectivity index (χ4n) is 0.994. The van der Waals surface area contributed by atoms with Gasteiger partial charge in [0.2, 0.25) is 0 Å². The van der Waals surface area contributed by atoms with Gasteiger partial charge in [0.15, 0.2) is 0 Å². The van der Waals surface area contributed by atoms with Crippen LogP contribution in [-0.4, -0.2) is 6.54 Å². The number of benzene rings is 1. The van der Waals surface area contributed by atoms with E-state index >= 15 is 0 Å². The van der Waals surface area contributed by atoms with Crippen LogP contribution >= 0.6 is 11.6 Å². The Labute approximate surface area is 98.1 Å². The van der Waals surface area contributed by atoms with Crippen molar-refractivity contribution in [2.24, 2.45) is 5.11 Å². The van der Waals surface area contributed by atoms with E-state index in [9.17, 15) is 0 Å². The van der Waals surface area contributed by atoms with Gasteiger partial charge in [-0.05, 0) is 23.7 Å². The van der Waals surface area contributed by atoms with Crippen LogP contribution in [0.2, 0.25) is 5.02 Å². The molecule has 0 heterocycles. The van der Waals surface area contributed by atoms with Crippen LogP contribution in [0, 0.1) is 23.2 Å². The van der Waals surface area contributed by atoms with Crippen molar-refractivity contribution < 1.29 is 0 Å². The van der Waals surface area contributed by atoms with E-state index in [1.807, 2.05) is 6.07 Å². The van der Waals surface area contributed by atoms with E-state index in [2.05, 4.69) is 21.9 Å². The van der Waals surface area contributed by atoms with Gasteiger partial charge < -0.3 is 0 Å². The lowest BCUT2D eigenvalue weighted by molar-refractivity contribution is 1.01. The number of rotatable bonds is 2. The molecule has 0 aliphatic carbocycles. The van der Waals surface area contributed by atoms with Crippen molar-refractivity contribution in [3.63, 3.8) is 0 Å². The molecule has 0 bridgehead atoms. The third kappa shape index (κ3) is 3.55. The van der Waals surface area contributed by atoms with E-state index in [1.165, 1.54) is 0 Å². The summed E-state index contributed by atoms with van der Waals surface area (Å²) in [6.07, 6.45) is 0.486. The van der Waals surface area contributed by atoms with Gasteiger partial charge in [0.05, 0.1) is 16.7 Å². The molecule has 0 radical (unpaired) electrons. The van der Waals surface area contributed by atoms with E-state index in [-0.39, 0.29) is 0 Å². The van der Waals surface area contributed by atoms with Crippen molar-refractivity contribution >= 4 is 11.6 Å². The van der Waals surface area contributed by atoms with Crippen LogP contribution in [0.1, 0.15) is 17.5 Å². The quantitative estimate of drug-likeness (QED) is 0.253. The van der Waals surface area contributed by atoms with Crippen LogP contribution in [-0.2, 0) is 0 Å². The second-order valence-corrected chi connectivity index (χ2v) is 3.22. The molecular weight excluding hydrogens is 224 g/mol.